The van der Waals surface area contributed by atoms with E-state index in [0.717, 1.165) is 48.8 Å². The van der Waals surface area contributed by atoms with E-state index in [9.17, 15) is 10.1 Å². The number of carbonyl (C=O) groups excluding carboxylic acids is 1. The van der Waals surface area contributed by atoms with Crippen molar-refractivity contribution in [2.24, 2.45) is 0 Å². The van der Waals surface area contributed by atoms with Crippen LogP contribution in [0.5, 0.6) is 17.2 Å². The van der Waals surface area contributed by atoms with E-state index in [0.29, 0.717) is 28.5 Å². The molecule has 1 aliphatic heterocycles. The zero-order valence-electron chi connectivity index (χ0n) is 20.5. The molecule has 3 aromatic carbocycles. The Labute approximate surface area is 214 Å². The van der Waals surface area contributed by atoms with E-state index in [1.54, 1.807) is 24.3 Å². The summed E-state index contributed by atoms with van der Waals surface area (Å²) >= 11 is 0. The lowest BCUT2D eigenvalue weighted by Crippen LogP contribution is -2.18. The number of esters is 1. The SMILES string of the molecule is COc1cc(/C=C(\C#N)c2nnc3n2CCCCC3)ccc1OC(=O)COc1cccc2ccccc12. The van der Waals surface area contributed by atoms with Crippen molar-refractivity contribution < 1.29 is 19.0 Å². The van der Waals surface area contributed by atoms with Crippen molar-refractivity contribution in [3.8, 4) is 23.3 Å². The summed E-state index contributed by atoms with van der Waals surface area (Å²) in [5, 5.41) is 20.4. The van der Waals surface area contributed by atoms with E-state index in [1.807, 2.05) is 47.0 Å². The molecule has 37 heavy (non-hydrogen) atoms. The minimum absolute atomic E-state index is 0.255. The summed E-state index contributed by atoms with van der Waals surface area (Å²) in [6.07, 6.45) is 5.85. The number of benzene rings is 3. The molecule has 0 bridgehead atoms. The van der Waals surface area contributed by atoms with E-state index in [4.69, 9.17) is 14.2 Å². The van der Waals surface area contributed by atoms with E-state index in [2.05, 4.69) is 16.3 Å². The second-order valence-electron chi connectivity index (χ2n) is 8.72. The van der Waals surface area contributed by atoms with Gasteiger partial charge < -0.3 is 18.8 Å². The molecule has 0 saturated carbocycles. The lowest BCUT2D eigenvalue weighted by atomic mass is 10.1. The van der Waals surface area contributed by atoms with Gasteiger partial charge in [-0.1, -0.05) is 48.9 Å². The van der Waals surface area contributed by atoms with Crippen LogP contribution in [-0.4, -0.2) is 34.5 Å². The van der Waals surface area contributed by atoms with Crippen LogP contribution in [0.4, 0.5) is 0 Å². The van der Waals surface area contributed by atoms with E-state index < -0.39 is 5.97 Å². The molecule has 0 atom stereocenters. The molecule has 8 nitrogen and oxygen atoms in total. The number of allylic oxidation sites excluding steroid dienone is 1. The predicted molar refractivity (Wildman–Crippen MR) is 139 cm³/mol. The van der Waals surface area contributed by atoms with Crippen molar-refractivity contribution in [2.45, 2.75) is 32.2 Å². The van der Waals surface area contributed by atoms with Crippen LogP contribution in [0.15, 0.2) is 60.7 Å². The molecule has 1 aromatic heterocycles. The second-order valence-corrected chi connectivity index (χ2v) is 8.72. The van der Waals surface area contributed by atoms with Gasteiger partial charge in [0.15, 0.2) is 23.9 Å². The van der Waals surface area contributed by atoms with Gasteiger partial charge in [-0.2, -0.15) is 5.26 Å². The first-order valence-electron chi connectivity index (χ1n) is 12.2. The number of nitrogens with zero attached hydrogens (tertiary/aromatic N) is 4. The van der Waals surface area contributed by atoms with Crippen LogP contribution < -0.4 is 14.2 Å². The van der Waals surface area contributed by atoms with Gasteiger partial charge in [-0.05, 0) is 48.1 Å². The number of fused-ring (bicyclic) bond motifs is 2. The van der Waals surface area contributed by atoms with Gasteiger partial charge in [0, 0.05) is 18.4 Å². The summed E-state index contributed by atoms with van der Waals surface area (Å²) in [5.74, 6) is 2.17. The van der Waals surface area contributed by atoms with Crippen LogP contribution in [0.3, 0.4) is 0 Å². The van der Waals surface area contributed by atoms with Crippen molar-refractivity contribution >= 4 is 28.4 Å². The molecule has 4 aromatic rings. The highest BCUT2D eigenvalue weighted by Crippen LogP contribution is 2.31. The highest BCUT2D eigenvalue weighted by molar-refractivity contribution is 5.89. The van der Waals surface area contributed by atoms with E-state index in [-0.39, 0.29) is 12.4 Å². The van der Waals surface area contributed by atoms with Gasteiger partial charge in [-0.15, -0.1) is 10.2 Å². The van der Waals surface area contributed by atoms with E-state index >= 15 is 0 Å². The average Bonchev–Trinajstić information content (AvgIpc) is 3.18. The molecule has 0 radical (unpaired) electrons. The summed E-state index contributed by atoms with van der Waals surface area (Å²) in [5.41, 5.74) is 1.13. The van der Waals surface area contributed by atoms with Gasteiger partial charge in [0.2, 0.25) is 0 Å². The molecule has 0 spiro atoms. The van der Waals surface area contributed by atoms with Gasteiger partial charge in [0.1, 0.15) is 17.6 Å². The van der Waals surface area contributed by atoms with Crippen molar-refractivity contribution in [1.29, 1.82) is 5.26 Å². The molecule has 0 saturated heterocycles. The van der Waals surface area contributed by atoms with Crippen molar-refractivity contribution in [3.05, 3.63) is 77.9 Å². The zero-order valence-corrected chi connectivity index (χ0v) is 20.5. The van der Waals surface area contributed by atoms with Gasteiger partial charge >= 0.3 is 5.97 Å². The normalized spacial score (nSPS) is 13.4. The van der Waals surface area contributed by atoms with Crippen molar-refractivity contribution in [2.75, 3.05) is 13.7 Å². The summed E-state index contributed by atoms with van der Waals surface area (Å²) in [7, 11) is 1.50. The molecule has 0 amide bonds. The number of aryl methyl sites for hydroxylation is 1. The highest BCUT2D eigenvalue weighted by atomic mass is 16.6. The Morgan fingerprint density at radius 3 is 2.76 bits per heavy atom. The van der Waals surface area contributed by atoms with Crippen LogP contribution in [0.2, 0.25) is 0 Å². The quantitative estimate of drug-likeness (QED) is 0.197. The summed E-state index contributed by atoms with van der Waals surface area (Å²) < 4.78 is 18.7. The molecular formula is C29H26N4O4. The molecular weight excluding hydrogens is 468 g/mol. The maximum Gasteiger partial charge on any atom is 0.349 e. The molecule has 0 N–H and O–H groups in total. The Balaban J connectivity index is 1.31. The van der Waals surface area contributed by atoms with E-state index in [1.165, 1.54) is 7.11 Å². The summed E-state index contributed by atoms with van der Waals surface area (Å²) in [6.45, 7) is 0.547. The smallest absolute Gasteiger partial charge is 0.349 e. The molecule has 0 fully saturated rings. The van der Waals surface area contributed by atoms with Gasteiger partial charge in [0.25, 0.3) is 0 Å². The Morgan fingerprint density at radius 1 is 1.03 bits per heavy atom. The first-order valence-corrected chi connectivity index (χ1v) is 12.2. The molecule has 0 aliphatic carbocycles. The minimum Gasteiger partial charge on any atom is -0.493 e. The number of aromatic nitrogens is 3. The Bertz CT molecular complexity index is 1510. The molecule has 5 rings (SSSR count). The number of hydrogen-bond acceptors (Lipinski definition) is 7. The Hall–Kier alpha value is -4.64. The van der Waals surface area contributed by atoms with Crippen LogP contribution in [0.25, 0.3) is 22.4 Å². The monoisotopic (exact) mass is 494 g/mol. The maximum atomic E-state index is 12.5. The Morgan fingerprint density at radius 2 is 1.89 bits per heavy atom. The number of methoxy groups -OCH3 is 1. The predicted octanol–water partition coefficient (Wildman–Crippen LogP) is 5.21. The maximum absolute atomic E-state index is 12.5. The van der Waals surface area contributed by atoms with Crippen LogP contribution in [0.1, 0.15) is 36.5 Å². The first kappa shape index (κ1) is 24.1. The number of carbonyl (C=O) groups is 1. The topological polar surface area (TPSA) is 99.3 Å². The third kappa shape index (κ3) is 5.31. The zero-order chi connectivity index (χ0) is 25.6. The highest BCUT2D eigenvalue weighted by Gasteiger charge is 2.18. The molecule has 2 heterocycles. The molecule has 186 valence electrons. The average molecular weight is 495 g/mol. The summed E-state index contributed by atoms with van der Waals surface area (Å²) in [4.78, 5) is 12.5. The fourth-order valence-corrected chi connectivity index (χ4v) is 4.47. The molecule has 1 aliphatic rings. The fraction of sp³-hybridized carbons (Fsp3) is 0.241. The summed E-state index contributed by atoms with van der Waals surface area (Å²) in [6, 6.07) is 20.8. The van der Waals surface area contributed by atoms with Crippen molar-refractivity contribution in [1.82, 2.24) is 14.8 Å². The molecule has 0 unspecified atom stereocenters. The van der Waals surface area contributed by atoms with Crippen LogP contribution >= 0.6 is 0 Å². The minimum atomic E-state index is -0.557. The number of hydrogen-bond donors (Lipinski definition) is 0. The second kappa shape index (κ2) is 11.0. The third-order valence-corrected chi connectivity index (χ3v) is 6.29. The van der Waals surface area contributed by atoms with Gasteiger partial charge in [-0.3, -0.25) is 0 Å². The largest absolute Gasteiger partial charge is 0.493 e. The fourth-order valence-electron chi connectivity index (χ4n) is 4.47. The standard InChI is InChI=1S/C29H26N4O4/c1-35-26-17-20(16-22(18-30)29-32-31-27-12-3-2-6-15-33(27)29)13-14-25(26)37-28(34)19-36-24-11-7-9-21-8-4-5-10-23(21)24/h4-5,7-11,13-14,16-17H,2-3,6,12,15,19H2,1H3/b22-16+. The van der Waals surface area contributed by atoms with Crippen LogP contribution in [0, 0.1) is 11.3 Å². The van der Waals surface area contributed by atoms with Crippen LogP contribution in [-0.2, 0) is 17.8 Å². The Kier molecular flexibility index (Phi) is 7.13. The number of ether oxygens (including phenoxy) is 3. The lowest BCUT2D eigenvalue weighted by Gasteiger charge is -2.12. The molecule has 8 heteroatoms. The van der Waals surface area contributed by atoms with Gasteiger partial charge in [-0.25, -0.2) is 4.79 Å². The van der Waals surface area contributed by atoms with Crippen molar-refractivity contribution in [3.63, 3.8) is 0 Å². The van der Waals surface area contributed by atoms with Gasteiger partial charge in [0.05, 0.1) is 12.7 Å². The lowest BCUT2D eigenvalue weighted by molar-refractivity contribution is -0.136. The number of rotatable bonds is 7. The first-order chi connectivity index (χ1) is 18.2. The number of nitriles is 1. The third-order valence-electron chi connectivity index (χ3n) is 6.29.